The first-order valence-electron chi connectivity index (χ1n) is 11.2. The van der Waals surface area contributed by atoms with Crippen LogP contribution < -0.4 is 4.57 Å². The average Bonchev–Trinajstić information content (AvgIpc) is 2.85. The molecule has 148 valence electrons. The van der Waals surface area contributed by atoms with Crippen molar-refractivity contribution in [3.05, 3.63) is 103 Å². The van der Waals surface area contributed by atoms with E-state index in [2.05, 4.69) is 108 Å². The molecule has 0 unspecified atom stereocenters. The number of hydrogen-bond donors (Lipinski definition) is 0. The Bertz CT molecular complexity index is 1030. The summed E-state index contributed by atoms with van der Waals surface area (Å²) >= 11 is 0. The zero-order chi connectivity index (χ0) is 20.2. The third-order valence-corrected chi connectivity index (χ3v) is 6.29. The summed E-state index contributed by atoms with van der Waals surface area (Å²) < 4.78 is 2.64. The topological polar surface area (TPSA) is 3.88 Å². The van der Waals surface area contributed by atoms with Gasteiger partial charge in [0.05, 0.1) is 0 Å². The minimum absolute atomic E-state index is 0.550. The van der Waals surface area contributed by atoms with E-state index in [9.17, 15) is 0 Å². The van der Waals surface area contributed by atoms with Gasteiger partial charge in [0, 0.05) is 36.1 Å². The van der Waals surface area contributed by atoms with E-state index in [0.29, 0.717) is 6.04 Å². The average molecular weight is 391 g/mol. The molecule has 0 spiro atoms. The van der Waals surface area contributed by atoms with E-state index in [4.69, 9.17) is 0 Å². The number of aromatic nitrogens is 1. The van der Waals surface area contributed by atoms with E-state index in [1.807, 2.05) is 0 Å². The molecule has 1 saturated carbocycles. The van der Waals surface area contributed by atoms with Gasteiger partial charge in [0.1, 0.15) is 0 Å². The number of pyridine rings is 1. The van der Waals surface area contributed by atoms with Crippen molar-refractivity contribution in [2.75, 3.05) is 0 Å². The van der Waals surface area contributed by atoms with E-state index in [1.54, 1.807) is 0 Å². The number of hydrogen-bond acceptors (Lipinski definition) is 0. The summed E-state index contributed by atoms with van der Waals surface area (Å²) in [5.74, 6) is 0. The molecule has 3 aromatic carbocycles. The highest BCUT2D eigenvalue weighted by atomic mass is 15.0. The smallest absolute Gasteiger partial charge is 0.189 e. The van der Waals surface area contributed by atoms with Crippen LogP contribution in [-0.4, -0.2) is 0 Å². The van der Waals surface area contributed by atoms with E-state index in [1.165, 1.54) is 65.7 Å². The fourth-order valence-electron chi connectivity index (χ4n) is 4.80. The van der Waals surface area contributed by atoms with Gasteiger partial charge >= 0.3 is 0 Å². The molecule has 1 aliphatic carbocycles. The summed E-state index contributed by atoms with van der Waals surface area (Å²) in [7, 11) is 0. The van der Waals surface area contributed by atoms with Crippen molar-refractivity contribution in [2.24, 2.45) is 0 Å². The highest BCUT2D eigenvalue weighted by Crippen LogP contribution is 2.33. The van der Waals surface area contributed by atoms with Crippen LogP contribution in [0.5, 0.6) is 0 Å². The van der Waals surface area contributed by atoms with Gasteiger partial charge in [-0.05, 0) is 48.2 Å². The molecule has 0 bridgehead atoms. The fraction of sp³-hybridized carbons (Fsp3) is 0.207. The van der Waals surface area contributed by atoms with E-state index in [-0.39, 0.29) is 0 Å². The molecular formula is C29H28N+. The Morgan fingerprint density at radius 1 is 0.467 bits per heavy atom. The predicted molar refractivity (Wildman–Crippen MR) is 125 cm³/mol. The zero-order valence-corrected chi connectivity index (χ0v) is 17.4. The molecule has 0 N–H and O–H groups in total. The van der Waals surface area contributed by atoms with Gasteiger partial charge in [-0.1, -0.05) is 73.2 Å². The second kappa shape index (κ2) is 8.67. The second-order valence-electron chi connectivity index (χ2n) is 8.27. The highest BCUT2D eigenvalue weighted by molar-refractivity contribution is 5.73. The van der Waals surface area contributed by atoms with Crippen molar-refractivity contribution in [1.82, 2.24) is 0 Å². The summed E-state index contributed by atoms with van der Waals surface area (Å²) in [6.07, 6.45) is 6.52. The van der Waals surface area contributed by atoms with Crippen LogP contribution in [0.15, 0.2) is 103 Å². The molecule has 0 aliphatic heterocycles. The Morgan fingerprint density at radius 2 is 0.900 bits per heavy atom. The van der Waals surface area contributed by atoms with E-state index >= 15 is 0 Å². The maximum Gasteiger partial charge on any atom is 0.213 e. The van der Waals surface area contributed by atoms with E-state index < -0.39 is 0 Å². The maximum atomic E-state index is 2.64. The first-order valence-corrected chi connectivity index (χ1v) is 11.2. The van der Waals surface area contributed by atoms with Crippen LogP contribution in [0.2, 0.25) is 0 Å². The molecule has 1 heteroatoms. The lowest BCUT2D eigenvalue weighted by molar-refractivity contribution is -0.705. The Hall–Kier alpha value is -3.19. The van der Waals surface area contributed by atoms with Gasteiger partial charge < -0.3 is 0 Å². The Labute approximate surface area is 179 Å². The van der Waals surface area contributed by atoms with Gasteiger partial charge in [-0.25, -0.2) is 0 Å². The molecule has 5 rings (SSSR count). The molecule has 1 aliphatic rings. The lowest BCUT2D eigenvalue weighted by Crippen LogP contribution is -2.44. The Kier molecular flexibility index (Phi) is 5.44. The third-order valence-electron chi connectivity index (χ3n) is 6.29. The van der Waals surface area contributed by atoms with Gasteiger partial charge in [-0.2, -0.15) is 4.57 Å². The van der Waals surface area contributed by atoms with Gasteiger partial charge in [-0.3, -0.25) is 0 Å². The van der Waals surface area contributed by atoms with Crippen LogP contribution in [0.4, 0.5) is 0 Å². The van der Waals surface area contributed by atoms with Gasteiger partial charge in [0.25, 0.3) is 0 Å². The van der Waals surface area contributed by atoms with Crippen LogP contribution in [0.3, 0.4) is 0 Å². The van der Waals surface area contributed by atoms with Gasteiger partial charge in [0.2, 0.25) is 11.4 Å². The molecule has 1 nitrogen and oxygen atoms in total. The van der Waals surface area contributed by atoms with E-state index in [0.717, 1.165) is 0 Å². The first kappa shape index (κ1) is 18.8. The largest absolute Gasteiger partial charge is 0.213 e. The summed E-state index contributed by atoms with van der Waals surface area (Å²) in [5.41, 5.74) is 7.77. The van der Waals surface area contributed by atoms with Gasteiger partial charge in [-0.15, -0.1) is 0 Å². The number of nitrogens with zero attached hydrogens (tertiary/aromatic N) is 1. The maximum absolute atomic E-state index is 2.64. The monoisotopic (exact) mass is 390 g/mol. The molecule has 0 atom stereocenters. The Balaban J connectivity index is 1.80. The second-order valence-corrected chi connectivity index (χ2v) is 8.27. The minimum atomic E-state index is 0.550. The van der Waals surface area contributed by atoms with Crippen LogP contribution in [-0.2, 0) is 0 Å². The lowest BCUT2D eigenvalue weighted by atomic mass is 9.92. The highest BCUT2D eigenvalue weighted by Gasteiger charge is 2.30. The fourth-order valence-corrected chi connectivity index (χ4v) is 4.80. The van der Waals surface area contributed by atoms with Gasteiger partial charge in [0.15, 0.2) is 6.04 Å². The summed E-state index contributed by atoms with van der Waals surface area (Å²) in [4.78, 5) is 0. The SMILES string of the molecule is c1ccc(-c2cc(-c3ccccc3)[n+](C3CCCCC3)c(-c3ccccc3)c2)cc1. The van der Waals surface area contributed by atoms with Crippen LogP contribution in [0.1, 0.15) is 38.1 Å². The zero-order valence-electron chi connectivity index (χ0n) is 17.4. The van der Waals surface area contributed by atoms with Crippen molar-refractivity contribution in [3.8, 4) is 33.6 Å². The van der Waals surface area contributed by atoms with Crippen molar-refractivity contribution >= 4 is 0 Å². The minimum Gasteiger partial charge on any atom is -0.189 e. The molecule has 30 heavy (non-hydrogen) atoms. The molecule has 1 heterocycles. The predicted octanol–water partition coefficient (Wildman–Crippen LogP) is 7.48. The lowest BCUT2D eigenvalue weighted by Gasteiger charge is -2.22. The molecule has 1 fully saturated rings. The van der Waals surface area contributed by atoms with Crippen molar-refractivity contribution in [2.45, 2.75) is 38.1 Å². The van der Waals surface area contributed by atoms with Crippen LogP contribution in [0, 0.1) is 0 Å². The molecule has 0 amide bonds. The Morgan fingerprint density at radius 3 is 1.37 bits per heavy atom. The van der Waals surface area contributed by atoms with Crippen molar-refractivity contribution in [1.29, 1.82) is 0 Å². The van der Waals surface area contributed by atoms with Crippen molar-refractivity contribution in [3.63, 3.8) is 0 Å². The molecule has 0 saturated heterocycles. The molecule has 1 aromatic heterocycles. The normalized spacial score (nSPS) is 14.5. The molecule has 4 aromatic rings. The molecule has 0 radical (unpaired) electrons. The summed E-state index contributed by atoms with van der Waals surface area (Å²) in [6.45, 7) is 0. The molecular weight excluding hydrogens is 362 g/mol. The van der Waals surface area contributed by atoms with Crippen molar-refractivity contribution < 1.29 is 4.57 Å². The number of rotatable bonds is 4. The quantitative estimate of drug-likeness (QED) is 0.318. The first-order chi connectivity index (χ1) is 14.9. The van der Waals surface area contributed by atoms with Crippen LogP contribution in [0.25, 0.3) is 33.6 Å². The summed E-state index contributed by atoms with van der Waals surface area (Å²) in [6, 6.07) is 37.9. The van der Waals surface area contributed by atoms with Crippen LogP contribution >= 0.6 is 0 Å². The standard InChI is InChI=1S/C29H28N/c1-5-13-23(14-6-1)26-21-28(24-15-7-2-8-16-24)30(27-19-11-4-12-20-27)29(22-26)25-17-9-3-10-18-25/h1-3,5-10,13-18,21-22,27H,4,11-12,19-20H2/q+1. The third kappa shape index (κ3) is 3.80. The summed E-state index contributed by atoms with van der Waals surface area (Å²) in [5, 5.41) is 0. The number of benzene rings is 3.